The summed E-state index contributed by atoms with van der Waals surface area (Å²) >= 11 is 0. The van der Waals surface area contributed by atoms with Crippen molar-refractivity contribution in [1.82, 2.24) is 0 Å². The van der Waals surface area contributed by atoms with Crippen LogP contribution >= 0.6 is 0 Å². The summed E-state index contributed by atoms with van der Waals surface area (Å²) in [6.07, 6.45) is 1.02. The van der Waals surface area contributed by atoms with E-state index in [0.29, 0.717) is 37.5 Å². The summed E-state index contributed by atoms with van der Waals surface area (Å²) in [5, 5.41) is 21.8. The molecule has 0 aromatic carbocycles. The van der Waals surface area contributed by atoms with Gasteiger partial charge in [-0.1, -0.05) is 48.0 Å². The Balaban J connectivity index is 3.21. The number of aliphatic hydroxyl groups is 2. The molecule has 0 amide bonds. The average Bonchev–Trinajstić information content (AvgIpc) is 2.76. The summed E-state index contributed by atoms with van der Waals surface area (Å²) in [6, 6.07) is 0. The van der Waals surface area contributed by atoms with Crippen LogP contribution in [0.4, 0.5) is 0 Å². The summed E-state index contributed by atoms with van der Waals surface area (Å²) in [5.74, 6) is -3.99. The number of carbonyl (C=O) groups is 3. The van der Waals surface area contributed by atoms with Crippen molar-refractivity contribution in [3.05, 3.63) is 0 Å². The topological polar surface area (TPSA) is 91.7 Å². The van der Waals surface area contributed by atoms with E-state index < -0.39 is 46.8 Å². The Kier molecular flexibility index (Phi) is 8.15. The highest BCUT2D eigenvalue weighted by Gasteiger charge is 2.64. The minimum Gasteiger partial charge on any atom is -0.390 e. The predicted molar refractivity (Wildman–Crippen MR) is 101 cm³/mol. The molecule has 5 atom stereocenters. The smallest absolute Gasteiger partial charge is 0.185 e. The summed E-state index contributed by atoms with van der Waals surface area (Å²) in [6.45, 7) is 11.5. The van der Waals surface area contributed by atoms with Crippen molar-refractivity contribution in [1.29, 1.82) is 0 Å². The third-order valence-electron chi connectivity index (χ3n) is 5.76. The number of hydrogen-bond acceptors (Lipinski definition) is 5. The number of ketones is 3. The molecule has 1 saturated carbocycles. The fourth-order valence-corrected chi connectivity index (χ4v) is 3.68. The van der Waals surface area contributed by atoms with Crippen LogP contribution in [0.15, 0.2) is 0 Å². The Bertz CT molecular complexity index is 524. The first-order chi connectivity index (χ1) is 12.0. The molecule has 0 aromatic rings. The van der Waals surface area contributed by atoms with Gasteiger partial charge in [0.25, 0.3) is 0 Å². The van der Waals surface area contributed by atoms with E-state index in [0.717, 1.165) is 0 Å². The van der Waals surface area contributed by atoms with Gasteiger partial charge in [0.2, 0.25) is 0 Å². The van der Waals surface area contributed by atoms with Crippen LogP contribution in [0.5, 0.6) is 0 Å². The van der Waals surface area contributed by atoms with Crippen molar-refractivity contribution in [3.63, 3.8) is 0 Å². The molecule has 0 radical (unpaired) electrons. The quantitative estimate of drug-likeness (QED) is 0.579. The molecule has 1 aliphatic carbocycles. The van der Waals surface area contributed by atoms with E-state index in [2.05, 4.69) is 0 Å². The van der Waals surface area contributed by atoms with Gasteiger partial charge in [0.1, 0.15) is 5.92 Å². The van der Waals surface area contributed by atoms with Crippen molar-refractivity contribution in [2.75, 3.05) is 0 Å². The molecule has 0 aliphatic heterocycles. The third kappa shape index (κ3) is 4.61. The Morgan fingerprint density at radius 1 is 1.04 bits per heavy atom. The van der Waals surface area contributed by atoms with Gasteiger partial charge in [-0.2, -0.15) is 0 Å². The normalized spacial score (nSPS) is 28.8. The Hall–Kier alpha value is -1.07. The molecule has 5 heteroatoms. The molecule has 1 rings (SSSR count). The fourth-order valence-electron chi connectivity index (χ4n) is 3.68. The highest BCUT2D eigenvalue weighted by atomic mass is 16.4. The molecule has 1 fully saturated rings. The lowest BCUT2D eigenvalue weighted by Gasteiger charge is -2.33. The molecular formula is C21H36O5. The van der Waals surface area contributed by atoms with Gasteiger partial charge >= 0.3 is 0 Å². The number of carbonyl (C=O) groups excluding carboxylic acids is 3. The molecule has 150 valence electrons. The molecule has 0 aromatic heterocycles. The zero-order valence-electron chi connectivity index (χ0n) is 17.1. The van der Waals surface area contributed by atoms with E-state index in [1.807, 2.05) is 34.6 Å². The van der Waals surface area contributed by atoms with Gasteiger partial charge in [0, 0.05) is 5.92 Å². The highest BCUT2D eigenvalue weighted by molar-refractivity contribution is 6.27. The van der Waals surface area contributed by atoms with E-state index in [1.54, 1.807) is 6.92 Å². The van der Waals surface area contributed by atoms with Crippen LogP contribution in [0, 0.1) is 29.6 Å². The molecule has 1 aliphatic rings. The zero-order valence-corrected chi connectivity index (χ0v) is 17.1. The molecule has 0 heterocycles. The summed E-state index contributed by atoms with van der Waals surface area (Å²) in [5.41, 5.74) is -2.14. The minimum absolute atomic E-state index is 0.232. The van der Waals surface area contributed by atoms with Crippen molar-refractivity contribution in [3.8, 4) is 0 Å². The van der Waals surface area contributed by atoms with E-state index in [4.69, 9.17) is 0 Å². The standard InChI is InChI=1S/C21H36O5/c1-7-14(6)18(23)17-19(24)15(10-8-12(2)3)21(26,20(17)25)16(22)11-9-13(4)5/h12-17,22,26H,7-11H2,1-6H3/t14?,15-,16-,17?,21-/m0/s1. The van der Waals surface area contributed by atoms with Crippen LogP contribution in [0.3, 0.4) is 0 Å². The monoisotopic (exact) mass is 368 g/mol. The first-order valence-electron chi connectivity index (χ1n) is 10.0. The zero-order chi connectivity index (χ0) is 20.2. The molecule has 0 saturated heterocycles. The maximum atomic E-state index is 13.0. The van der Waals surface area contributed by atoms with Crippen LogP contribution in [-0.2, 0) is 14.4 Å². The minimum atomic E-state index is -2.14. The molecule has 0 spiro atoms. The van der Waals surface area contributed by atoms with Crippen LogP contribution in [-0.4, -0.2) is 39.3 Å². The predicted octanol–water partition coefficient (Wildman–Crippen LogP) is 2.95. The van der Waals surface area contributed by atoms with Gasteiger partial charge in [-0.15, -0.1) is 0 Å². The summed E-state index contributed by atoms with van der Waals surface area (Å²) in [4.78, 5) is 38.5. The van der Waals surface area contributed by atoms with E-state index >= 15 is 0 Å². The van der Waals surface area contributed by atoms with Gasteiger partial charge < -0.3 is 10.2 Å². The van der Waals surface area contributed by atoms with E-state index in [9.17, 15) is 24.6 Å². The van der Waals surface area contributed by atoms with Crippen molar-refractivity contribution in [2.45, 2.75) is 85.4 Å². The Morgan fingerprint density at radius 3 is 2.04 bits per heavy atom. The SMILES string of the molecule is CCC(C)C(=O)C1C(=O)[C@H](CCC(C)C)[C@](O)([C@@H](O)CCC(C)C)C1=O. The van der Waals surface area contributed by atoms with Gasteiger partial charge in [-0.3, -0.25) is 14.4 Å². The highest BCUT2D eigenvalue weighted by Crippen LogP contribution is 2.42. The first kappa shape index (κ1) is 23.0. The third-order valence-corrected chi connectivity index (χ3v) is 5.76. The van der Waals surface area contributed by atoms with Gasteiger partial charge in [0.15, 0.2) is 23.0 Å². The lowest BCUT2D eigenvalue weighted by Crippen LogP contribution is -2.53. The Labute approximate surface area is 157 Å². The number of hydrogen-bond donors (Lipinski definition) is 2. The first-order valence-corrected chi connectivity index (χ1v) is 10.0. The molecular weight excluding hydrogens is 332 g/mol. The van der Waals surface area contributed by atoms with Gasteiger partial charge in [-0.05, 0) is 37.5 Å². The average molecular weight is 369 g/mol. The lowest BCUT2D eigenvalue weighted by atomic mass is 9.78. The molecule has 0 bridgehead atoms. The molecule has 5 nitrogen and oxygen atoms in total. The number of Topliss-reactive ketones (excluding diaryl/α,β-unsaturated/α-hetero) is 3. The molecule has 2 unspecified atom stereocenters. The van der Waals surface area contributed by atoms with Gasteiger partial charge in [-0.25, -0.2) is 0 Å². The number of rotatable bonds is 10. The number of aliphatic hydroxyl groups excluding tert-OH is 1. The van der Waals surface area contributed by atoms with Crippen molar-refractivity contribution < 1.29 is 24.6 Å². The maximum absolute atomic E-state index is 13.0. The largest absolute Gasteiger partial charge is 0.390 e. The van der Waals surface area contributed by atoms with Crippen LogP contribution in [0.1, 0.15) is 73.6 Å². The van der Waals surface area contributed by atoms with E-state index in [-0.39, 0.29) is 6.42 Å². The molecule has 2 N–H and O–H groups in total. The Morgan fingerprint density at radius 2 is 1.58 bits per heavy atom. The summed E-state index contributed by atoms with van der Waals surface area (Å²) < 4.78 is 0. The second kappa shape index (κ2) is 9.23. The molecule has 26 heavy (non-hydrogen) atoms. The van der Waals surface area contributed by atoms with Crippen molar-refractivity contribution in [2.24, 2.45) is 29.6 Å². The lowest BCUT2D eigenvalue weighted by molar-refractivity contribution is -0.158. The van der Waals surface area contributed by atoms with E-state index in [1.165, 1.54) is 0 Å². The van der Waals surface area contributed by atoms with Crippen LogP contribution in [0.2, 0.25) is 0 Å². The van der Waals surface area contributed by atoms with Crippen molar-refractivity contribution >= 4 is 17.3 Å². The second-order valence-corrected chi connectivity index (χ2v) is 8.75. The summed E-state index contributed by atoms with van der Waals surface area (Å²) in [7, 11) is 0. The fraction of sp³-hybridized carbons (Fsp3) is 0.857. The second-order valence-electron chi connectivity index (χ2n) is 8.75. The maximum Gasteiger partial charge on any atom is 0.185 e. The van der Waals surface area contributed by atoms with Crippen LogP contribution in [0.25, 0.3) is 0 Å². The van der Waals surface area contributed by atoms with Crippen LogP contribution < -0.4 is 0 Å². The van der Waals surface area contributed by atoms with Gasteiger partial charge in [0.05, 0.1) is 12.0 Å².